The molecule has 1 nitrogen and oxygen atoms in total. The summed E-state index contributed by atoms with van der Waals surface area (Å²) < 4.78 is 57.7. The van der Waals surface area contributed by atoms with Gasteiger partial charge in [-0.25, -0.2) is 17.6 Å². The standard InChI is InChI=1S/C21H17F4N/c1-12-9-13(2)11-14(10-12)19-16-3-4-17-18(15(16)5-8-26-19)21(24,25)7-6-20(17,22)23/h3-5,8-11H,6-7H2,1-2H3. The molecule has 0 fully saturated rings. The molecule has 0 N–H and O–H groups in total. The lowest BCUT2D eigenvalue weighted by atomic mass is 9.82. The first kappa shape index (κ1) is 17.0. The quantitative estimate of drug-likeness (QED) is 0.452. The molecule has 0 saturated heterocycles. The van der Waals surface area contributed by atoms with Crippen molar-refractivity contribution in [3.8, 4) is 11.3 Å². The molecular formula is C21H17F4N. The van der Waals surface area contributed by atoms with Crippen LogP contribution in [0.2, 0.25) is 0 Å². The molecular weight excluding hydrogens is 342 g/mol. The minimum atomic E-state index is -3.28. The number of rotatable bonds is 1. The Bertz CT molecular complexity index is 1000. The predicted molar refractivity (Wildman–Crippen MR) is 93.7 cm³/mol. The number of pyridine rings is 1. The number of halogens is 4. The van der Waals surface area contributed by atoms with E-state index in [0.29, 0.717) is 11.1 Å². The van der Waals surface area contributed by atoms with E-state index in [-0.39, 0.29) is 5.39 Å². The van der Waals surface area contributed by atoms with Crippen molar-refractivity contribution in [3.05, 3.63) is 64.8 Å². The minimum Gasteiger partial charge on any atom is -0.256 e. The van der Waals surface area contributed by atoms with Crippen molar-refractivity contribution in [1.29, 1.82) is 0 Å². The highest BCUT2D eigenvalue weighted by molar-refractivity contribution is 5.97. The van der Waals surface area contributed by atoms with Gasteiger partial charge in [-0.3, -0.25) is 4.98 Å². The summed E-state index contributed by atoms with van der Waals surface area (Å²) in [6.45, 7) is 3.89. The van der Waals surface area contributed by atoms with Crippen LogP contribution >= 0.6 is 0 Å². The molecule has 4 rings (SSSR count). The van der Waals surface area contributed by atoms with Crippen LogP contribution in [0, 0.1) is 13.8 Å². The van der Waals surface area contributed by atoms with Gasteiger partial charge in [-0.1, -0.05) is 29.3 Å². The number of hydrogen-bond acceptors (Lipinski definition) is 1. The fourth-order valence-corrected chi connectivity index (χ4v) is 3.87. The number of aromatic nitrogens is 1. The highest BCUT2D eigenvalue weighted by atomic mass is 19.3. The Balaban J connectivity index is 2.06. The van der Waals surface area contributed by atoms with Gasteiger partial charge in [-0.2, -0.15) is 0 Å². The topological polar surface area (TPSA) is 12.9 Å². The number of hydrogen-bond donors (Lipinski definition) is 0. The molecule has 0 saturated carbocycles. The van der Waals surface area contributed by atoms with Crippen LogP contribution < -0.4 is 0 Å². The van der Waals surface area contributed by atoms with Crippen molar-refractivity contribution in [2.75, 3.05) is 0 Å². The van der Waals surface area contributed by atoms with E-state index >= 15 is 0 Å². The van der Waals surface area contributed by atoms with Crippen LogP contribution in [0.25, 0.3) is 22.0 Å². The molecule has 0 spiro atoms. The van der Waals surface area contributed by atoms with Crippen LogP contribution in [0.15, 0.2) is 42.6 Å². The zero-order chi connectivity index (χ0) is 18.7. The predicted octanol–water partition coefficient (Wildman–Crippen LogP) is 6.50. The Morgan fingerprint density at radius 1 is 0.808 bits per heavy atom. The van der Waals surface area contributed by atoms with Crippen LogP contribution in [0.1, 0.15) is 35.1 Å². The molecule has 2 aromatic carbocycles. The fourth-order valence-electron chi connectivity index (χ4n) is 3.87. The molecule has 134 valence electrons. The first-order valence-corrected chi connectivity index (χ1v) is 8.46. The molecule has 0 amide bonds. The fraction of sp³-hybridized carbons (Fsp3) is 0.286. The van der Waals surface area contributed by atoms with Gasteiger partial charge in [-0.05, 0) is 37.4 Å². The van der Waals surface area contributed by atoms with E-state index in [1.165, 1.54) is 18.3 Å². The van der Waals surface area contributed by atoms with Crippen LogP contribution in [-0.2, 0) is 11.8 Å². The molecule has 26 heavy (non-hydrogen) atoms. The van der Waals surface area contributed by atoms with E-state index in [4.69, 9.17) is 0 Å². The molecule has 0 unspecified atom stereocenters. The lowest BCUT2D eigenvalue weighted by Crippen LogP contribution is -2.30. The Morgan fingerprint density at radius 2 is 1.46 bits per heavy atom. The molecule has 3 aromatic rings. The van der Waals surface area contributed by atoms with Crippen LogP contribution in [0.4, 0.5) is 17.6 Å². The number of nitrogens with zero attached hydrogens (tertiary/aromatic N) is 1. The highest BCUT2D eigenvalue weighted by Crippen LogP contribution is 2.52. The largest absolute Gasteiger partial charge is 0.274 e. The molecule has 0 bridgehead atoms. The van der Waals surface area contributed by atoms with E-state index in [0.717, 1.165) is 22.8 Å². The summed E-state index contributed by atoms with van der Waals surface area (Å²) in [5.74, 6) is -6.52. The summed E-state index contributed by atoms with van der Waals surface area (Å²) in [5.41, 5.74) is 2.24. The van der Waals surface area contributed by atoms with E-state index in [2.05, 4.69) is 4.98 Å². The second kappa shape index (κ2) is 5.53. The van der Waals surface area contributed by atoms with Gasteiger partial charge in [0.25, 0.3) is 11.8 Å². The summed E-state index contributed by atoms with van der Waals surface area (Å²) in [4.78, 5) is 4.36. The van der Waals surface area contributed by atoms with Crippen molar-refractivity contribution in [1.82, 2.24) is 4.98 Å². The second-order valence-electron chi connectivity index (χ2n) is 7.03. The van der Waals surface area contributed by atoms with Gasteiger partial charge in [-0.15, -0.1) is 0 Å². The molecule has 1 aromatic heterocycles. The number of alkyl halides is 4. The zero-order valence-electron chi connectivity index (χ0n) is 14.4. The molecule has 0 radical (unpaired) electrons. The third-order valence-corrected chi connectivity index (χ3v) is 4.95. The molecule has 1 heterocycles. The zero-order valence-corrected chi connectivity index (χ0v) is 14.4. The van der Waals surface area contributed by atoms with Gasteiger partial charge < -0.3 is 0 Å². The van der Waals surface area contributed by atoms with Crippen LogP contribution in [0.5, 0.6) is 0 Å². The van der Waals surface area contributed by atoms with E-state index in [1.54, 1.807) is 0 Å². The van der Waals surface area contributed by atoms with Gasteiger partial charge in [0.1, 0.15) is 0 Å². The number of aryl methyl sites for hydroxylation is 2. The number of fused-ring (bicyclic) bond motifs is 3. The Kier molecular flexibility index (Phi) is 3.62. The molecule has 0 aliphatic heterocycles. The average molecular weight is 359 g/mol. The monoisotopic (exact) mass is 359 g/mol. The van der Waals surface area contributed by atoms with Crippen molar-refractivity contribution in [2.24, 2.45) is 0 Å². The van der Waals surface area contributed by atoms with Gasteiger partial charge in [0.2, 0.25) is 0 Å². The van der Waals surface area contributed by atoms with E-state index < -0.39 is 35.8 Å². The molecule has 5 heteroatoms. The third-order valence-electron chi connectivity index (χ3n) is 4.95. The Morgan fingerprint density at radius 3 is 2.15 bits per heavy atom. The summed E-state index contributed by atoms with van der Waals surface area (Å²) in [6, 6.07) is 9.88. The number of benzene rings is 2. The van der Waals surface area contributed by atoms with Gasteiger partial charge in [0.05, 0.1) is 5.69 Å². The summed E-state index contributed by atoms with van der Waals surface area (Å²) in [7, 11) is 0. The van der Waals surface area contributed by atoms with Gasteiger partial charge in [0, 0.05) is 41.1 Å². The lowest BCUT2D eigenvalue weighted by molar-refractivity contribution is -0.0946. The first-order valence-electron chi connectivity index (χ1n) is 8.46. The normalized spacial score (nSPS) is 17.9. The summed E-state index contributed by atoms with van der Waals surface area (Å²) >= 11 is 0. The third kappa shape index (κ3) is 2.57. The molecule has 1 aliphatic carbocycles. The maximum Gasteiger partial charge on any atom is 0.274 e. The van der Waals surface area contributed by atoms with Crippen molar-refractivity contribution >= 4 is 10.8 Å². The molecule has 1 aliphatic rings. The minimum absolute atomic E-state index is 0.149. The van der Waals surface area contributed by atoms with E-state index in [1.807, 2.05) is 32.0 Å². The maximum absolute atomic E-state index is 14.6. The van der Waals surface area contributed by atoms with E-state index in [9.17, 15) is 17.6 Å². The Labute approximate surface area is 148 Å². The SMILES string of the molecule is Cc1cc(C)cc(-c2nccc3c4c(ccc23)C(F)(F)CCC4(F)F)c1. The highest BCUT2D eigenvalue weighted by Gasteiger charge is 2.49. The summed E-state index contributed by atoms with van der Waals surface area (Å²) in [6.07, 6.45) is -0.278. The maximum atomic E-state index is 14.6. The van der Waals surface area contributed by atoms with Crippen molar-refractivity contribution < 1.29 is 17.6 Å². The smallest absolute Gasteiger partial charge is 0.256 e. The average Bonchev–Trinajstić information content (AvgIpc) is 2.57. The van der Waals surface area contributed by atoms with Gasteiger partial charge >= 0.3 is 0 Å². The second-order valence-corrected chi connectivity index (χ2v) is 7.03. The Hall–Kier alpha value is -2.43. The summed E-state index contributed by atoms with van der Waals surface area (Å²) in [5, 5.41) is 0.615. The first-order chi connectivity index (χ1) is 12.2. The lowest BCUT2D eigenvalue weighted by Gasteiger charge is -2.32. The van der Waals surface area contributed by atoms with Crippen molar-refractivity contribution in [3.63, 3.8) is 0 Å². The van der Waals surface area contributed by atoms with Gasteiger partial charge in [0.15, 0.2) is 0 Å². The molecule has 0 atom stereocenters. The van der Waals surface area contributed by atoms with Crippen molar-refractivity contribution in [2.45, 2.75) is 38.5 Å². The van der Waals surface area contributed by atoms with Crippen LogP contribution in [0.3, 0.4) is 0 Å². The van der Waals surface area contributed by atoms with Crippen LogP contribution in [-0.4, -0.2) is 4.98 Å².